The van der Waals surface area contributed by atoms with E-state index in [1.807, 2.05) is 61.5 Å². The number of thioether (sulfide) groups is 1. The summed E-state index contributed by atoms with van der Waals surface area (Å²) >= 11 is 2.58. The number of rotatable bonds is 11. The van der Waals surface area contributed by atoms with E-state index >= 15 is 0 Å². The molecule has 1 atom stereocenters. The van der Waals surface area contributed by atoms with Gasteiger partial charge in [-0.2, -0.15) is 5.26 Å². The minimum atomic E-state index is -0.598. The lowest BCUT2D eigenvalue weighted by atomic mass is 9.98. The van der Waals surface area contributed by atoms with Crippen molar-refractivity contribution in [3.8, 4) is 51.5 Å². The molecule has 11 heteroatoms. The smallest absolute Gasteiger partial charge is 0.239 e. The van der Waals surface area contributed by atoms with Crippen molar-refractivity contribution < 1.29 is 23.7 Å². The van der Waals surface area contributed by atoms with Gasteiger partial charge in [0, 0.05) is 11.1 Å². The molecule has 0 spiro atoms. The summed E-state index contributed by atoms with van der Waals surface area (Å²) in [6, 6.07) is 23.1. The summed E-state index contributed by atoms with van der Waals surface area (Å²) in [6.45, 7) is 4.27. The summed E-state index contributed by atoms with van der Waals surface area (Å²) < 4.78 is 23.2. The van der Waals surface area contributed by atoms with Crippen LogP contribution >= 0.6 is 23.1 Å². The van der Waals surface area contributed by atoms with Gasteiger partial charge in [-0.3, -0.25) is 4.79 Å². The zero-order valence-corrected chi connectivity index (χ0v) is 26.5. The molecule has 9 nitrogen and oxygen atoms in total. The van der Waals surface area contributed by atoms with Gasteiger partial charge in [-0.25, -0.2) is 9.97 Å². The van der Waals surface area contributed by atoms with Crippen molar-refractivity contribution in [1.29, 1.82) is 5.26 Å². The van der Waals surface area contributed by atoms with Crippen LogP contribution < -0.4 is 24.3 Å². The number of amides is 1. The van der Waals surface area contributed by atoms with Crippen LogP contribution in [0.15, 0.2) is 71.8 Å². The number of hydrogen-bond donors (Lipinski definition) is 1. The van der Waals surface area contributed by atoms with Gasteiger partial charge in [-0.1, -0.05) is 53.4 Å². The number of nitrogens with one attached hydrogen (secondary N) is 1. The summed E-state index contributed by atoms with van der Waals surface area (Å²) in [7, 11) is 4.62. The van der Waals surface area contributed by atoms with E-state index in [1.54, 1.807) is 33.3 Å². The van der Waals surface area contributed by atoms with Gasteiger partial charge in [0.25, 0.3) is 0 Å². The van der Waals surface area contributed by atoms with E-state index in [4.69, 9.17) is 23.9 Å². The van der Waals surface area contributed by atoms with Crippen LogP contribution in [-0.2, 0) is 4.79 Å². The molecule has 44 heavy (non-hydrogen) atoms. The number of hydrogen-bond acceptors (Lipinski definition) is 10. The fourth-order valence-corrected chi connectivity index (χ4v) is 6.40. The number of anilines is 1. The topological polar surface area (TPSA) is 116 Å². The lowest BCUT2D eigenvalue weighted by Gasteiger charge is -2.17. The molecule has 0 bridgehead atoms. The third-order valence-electron chi connectivity index (χ3n) is 6.70. The third kappa shape index (κ3) is 6.41. The molecule has 224 valence electrons. The van der Waals surface area contributed by atoms with E-state index in [0.29, 0.717) is 56.4 Å². The molecule has 0 fully saturated rings. The summed E-state index contributed by atoms with van der Waals surface area (Å²) in [5, 5.41) is 13.6. The van der Waals surface area contributed by atoms with Crippen LogP contribution in [-0.4, -0.2) is 49.1 Å². The van der Waals surface area contributed by atoms with Gasteiger partial charge in [-0.15, -0.1) is 0 Å². The summed E-state index contributed by atoms with van der Waals surface area (Å²) in [5.41, 5.74) is 3.91. The Morgan fingerprint density at radius 3 is 2.34 bits per heavy atom. The first-order chi connectivity index (χ1) is 21.4. The Balaban J connectivity index is 1.52. The first-order valence-corrected chi connectivity index (χ1v) is 15.4. The van der Waals surface area contributed by atoms with Crippen molar-refractivity contribution in [2.75, 3.05) is 33.3 Å². The Bertz CT molecular complexity index is 1830. The Hall–Kier alpha value is -4.79. The Kier molecular flexibility index (Phi) is 9.53. The second-order valence-electron chi connectivity index (χ2n) is 9.46. The average molecular weight is 627 g/mol. The van der Waals surface area contributed by atoms with Gasteiger partial charge in [-0.05, 0) is 55.8 Å². The van der Waals surface area contributed by atoms with Crippen molar-refractivity contribution in [2.45, 2.75) is 24.1 Å². The minimum Gasteiger partial charge on any atom is -0.494 e. The molecule has 0 aliphatic heterocycles. The highest BCUT2D eigenvalue weighted by Crippen LogP contribution is 2.44. The SMILES string of the molecule is CCOc1ccc2nc(NC(=O)C(C)Sc3nc(-c4ccccc4)cc(-c4cc(OC)c(OC)c(OC)c4)c3C#N)sc2c1. The van der Waals surface area contributed by atoms with E-state index in [0.717, 1.165) is 21.5 Å². The number of ether oxygens (including phenoxy) is 4. The normalized spacial score (nSPS) is 11.5. The number of pyridine rings is 1. The molecule has 1 unspecified atom stereocenters. The van der Waals surface area contributed by atoms with Crippen LogP contribution in [0.5, 0.6) is 23.0 Å². The molecular formula is C33H30N4O5S2. The largest absolute Gasteiger partial charge is 0.494 e. The van der Waals surface area contributed by atoms with E-state index in [-0.39, 0.29) is 5.91 Å². The molecule has 1 amide bonds. The fraction of sp³-hybridized carbons (Fsp3) is 0.212. The minimum absolute atomic E-state index is 0.260. The number of nitrogens with zero attached hydrogens (tertiary/aromatic N) is 3. The van der Waals surface area contributed by atoms with Crippen LogP contribution in [0.2, 0.25) is 0 Å². The highest BCUT2D eigenvalue weighted by atomic mass is 32.2. The van der Waals surface area contributed by atoms with Crippen molar-refractivity contribution in [3.05, 3.63) is 72.3 Å². The molecule has 5 rings (SSSR count). The zero-order valence-electron chi connectivity index (χ0n) is 24.8. The van der Waals surface area contributed by atoms with E-state index in [9.17, 15) is 10.1 Å². The van der Waals surface area contributed by atoms with Crippen LogP contribution in [0.3, 0.4) is 0 Å². The highest BCUT2D eigenvalue weighted by Gasteiger charge is 2.24. The highest BCUT2D eigenvalue weighted by molar-refractivity contribution is 8.00. The van der Waals surface area contributed by atoms with Gasteiger partial charge < -0.3 is 24.3 Å². The molecule has 2 heterocycles. The van der Waals surface area contributed by atoms with Crippen LogP contribution in [0, 0.1) is 11.3 Å². The maximum Gasteiger partial charge on any atom is 0.239 e. The summed E-state index contributed by atoms with van der Waals surface area (Å²) in [4.78, 5) is 22.8. The first kappa shape index (κ1) is 30.7. The maximum absolute atomic E-state index is 13.4. The van der Waals surface area contributed by atoms with Gasteiger partial charge in [0.15, 0.2) is 16.6 Å². The number of carbonyl (C=O) groups is 1. The summed E-state index contributed by atoms with van der Waals surface area (Å²) in [6.07, 6.45) is 0. The van der Waals surface area contributed by atoms with Crippen LogP contribution in [0.4, 0.5) is 5.13 Å². The van der Waals surface area contributed by atoms with Crippen LogP contribution in [0.25, 0.3) is 32.6 Å². The van der Waals surface area contributed by atoms with Crippen molar-refractivity contribution >= 4 is 44.4 Å². The predicted molar refractivity (Wildman–Crippen MR) is 174 cm³/mol. The van der Waals surface area contributed by atoms with E-state index in [1.165, 1.54) is 30.2 Å². The Morgan fingerprint density at radius 1 is 0.977 bits per heavy atom. The average Bonchev–Trinajstić information content (AvgIpc) is 3.45. The molecule has 0 radical (unpaired) electrons. The van der Waals surface area contributed by atoms with Gasteiger partial charge in [0.1, 0.15) is 16.8 Å². The third-order valence-corrected chi connectivity index (χ3v) is 8.72. The van der Waals surface area contributed by atoms with Crippen molar-refractivity contribution in [2.24, 2.45) is 0 Å². The van der Waals surface area contributed by atoms with Crippen molar-refractivity contribution in [1.82, 2.24) is 9.97 Å². The molecule has 1 N–H and O–H groups in total. The van der Waals surface area contributed by atoms with Gasteiger partial charge in [0.2, 0.25) is 11.7 Å². The molecule has 3 aromatic carbocycles. The number of methoxy groups -OCH3 is 3. The molecule has 2 aromatic heterocycles. The molecule has 5 aromatic rings. The lowest BCUT2D eigenvalue weighted by Crippen LogP contribution is -2.22. The second kappa shape index (κ2) is 13.7. The standard InChI is InChI=1S/C33H30N4O5S2/c1-6-42-22-12-13-25-29(16-22)44-33(36-25)37-31(38)19(2)43-32-24(18-34)23(17-26(35-32)20-10-8-7-9-11-20)21-14-27(39-3)30(41-5)28(15-21)40-4/h7-17,19H,6H2,1-5H3,(H,36,37,38). The van der Waals surface area contributed by atoms with Crippen molar-refractivity contribution in [3.63, 3.8) is 0 Å². The number of benzene rings is 3. The first-order valence-electron chi connectivity index (χ1n) is 13.7. The van der Waals surface area contributed by atoms with E-state index in [2.05, 4.69) is 16.4 Å². The predicted octanol–water partition coefficient (Wildman–Crippen LogP) is 7.44. The lowest BCUT2D eigenvalue weighted by molar-refractivity contribution is -0.115. The van der Waals surface area contributed by atoms with Gasteiger partial charge in [0.05, 0.1) is 54.7 Å². The number of nitriles is 1. The number of carbonyl (C=O) groups excluding carboxylic acids is 1. The van der Waals surface area contributed by atoms with E-state index < -0.39 is 5.25 Å². The Labute approximate surface area is 263 Å². The molecule has 0 aliphatic rings. The number of aromatic nitrogens is 2. The second-order valence-corrected chi connectivity index (χ2v) is 11.8. The zero-order chi connectivity index (χ0) is 31.2. The number of fused-ring (bicyclic) bond motifs is 1. The molecule has 0 aliphatic carbocycles. The Morgan fingerprint density at radius 2 is 1.70 bits per heavy atom. The van der Waals surface area contributed by atoms with Crippen LogP contribution in [0.1, 0.15) is 19.4 Å². The summed E-state index contributed by atoms with van der Waals surface area (Å²) in [5.74, 6) is 1.84. The maximum atomic E-state index is 13.4. The molecule has 0 saturated carbocycles. The number of thiazole rings is 1. The molecule has 0 saturated heterocycles. The molecular weight excluding hydrogens is 597 g/mol. The van der Waals surface area contributed by atoms with Gasteiger partial charge >= 0.3 is 0 Å². The monoisotopic (exact) mass is 626 g/mol. The quantitative estimate of drug-likeness (QED) is 0.149. The fourth-order valence-electron chi connectivity index (χ4n) is 4.58.